The maximum atomic E-state index is 10.9. The third-order valence-electron chi connectivity index (χ3n) is 1.93. The van der Waals surface area contributed by atoms with Crippen LogP contribution in [0.3, 0.4) is 0 Å². The predicted octanol–water partition coefficient (Wildman–Crippen LogP) is 1.30. The van der Waals surface area contributed by atoms with Gasteiger partial charge in [0.1, 0.15) is 0 Å². The van der Waals surface area contributed by atoms with Crippen molar-refractivity contribution in [2.45, 2.75) is 32.1 Å². The second kappa shape index (κ2) is 3.16. The summed E-state index contributed by atoms with van der Waals surface area (Å²) in [5, 5.41) is 10.1. The van der Waals surface area contributed by atoms with Crippen molar-refractivity contribution in [1.82, 2.24) is 10.2 Å². The van der Waals surface area contributed by atoms with E-state index in [-0.39, 0.29) is 11.9 Å². The highest BCUT2D eigenvalue weighted by atomic mass is 16.4. The molecule has 1 fully saturated rings. The molecule has 1 amide bonds. The van der Waals surface area contributed by atoms with Crippen LogP contribution in [0.15, 0.2) is 4.42 Å². The largest absolute Gasteiger partial charge is 0.408 e. The summed E-state index contributed by atoms with van der Waals surface area (Å²) in [5.74, 6) is 0.970. The van der Waals surface area contributed by atoms with Gasteiger partial charge in [0.05, 0.1) is 0 Å². The molecule has 0 atom stereocenters. The van der Waals surface area contributed by atoms with Gasteiger partial charge in [-0.25, -0.2) is 0 Å². The highest BCUT2D eigenvalue weighted by molar-refractivity contribution is 5.88. The Morgan fingerprint density at radius 3 is 3.00 bits per heavy atom. The van der Waals surface area contributed by atoms with Gasteiger partial charge in [0.15, 0.2) is 0 Å². The van der Waals surface area contributed by atoms with Crippen LogP contribution < -0.4 is 5.32 Å². The summed E-state index contributed by atoms with van der Waals surface area (Å²) in [6, 6.07) is 0.216. The van der Waals surface area contributed by atoms with E-state index in [0.29, 0.717) is 18.2 Å². The van der Waals surface area contributed by atoms with Crippen LogP contribution in [0, 0.1) is 0 Å². The van der Waals surface area contributed by atoms with Gasteiger partial charge >= 0.3 is 6.01 Å². The molecule has 13 heavy (non-hydrogen) atoms. The zero-order valence-corrected chi connectivity index (χ0v) is 7.41. The van der Waals surface area contributed by atoms with Crippen molar-refractivity contribution >= 4 is 11.9 Å². The molecule has 5 heteroatoms. The molecule has 0 saturated heterocycles. The molecule has 1 N–H and O–H groups in total. The topological polar surface area (TPSA) is 68.0 Å². The van der Waals surface area contributed by atoms with E-state index in [4.69, 9.17) is 4.42 Å². The number of amides is 1. The number of carbonyl (C=O) groups is 1. The average molecular weight is 181 g/mol. The molecule has 0 aliphatic heterocycles. The van der Waals surface area contributed by atoms with Gasteiger partial charge in [-0.3, -0.25) is 10.1 Å². The fraction of sp³-hybridized carbons (Fsp3) is 0.625. The molecule has 2 rings (SSSR count). The van der Waals surface area contributed by atoms with Crippen LogP contribution in [0.2, 0.25) is 0 Å². The summed E-state index contributed by atoms with van der Waals surface area (Å²) in [6.07, 6.45) is 2.65. The standard InChI is InChI=1S/C8H11N3O2/c1-2-6(12)9-8-11-10-7(13-8)5-3-4-5/h5H,2-4H2,1H3,(H,9,11,12). The zero-order valence-electron chi connectivity index (χ0n) is 7.41. The van der Waals surface area contributed by atoms with Gasteiger partial charge in [-0.05, 0) is 12.8 Å². The molecular weight excluding hydrogens is 170 g/mol. The molecule has 0 unspecified atom stereocenters. The molecule has 1 aromatic heterocycles. The first kappa shape index (κ1) is 8.22. The lowest BCUT2D eigenvalue weighted by Crippen LogP contribution is -2.09. The van der Waals surface area contributed by atoms with Crippen LogP contribution >= 0.6 is 0 Å². The fourth-order valence-electron chi connectivity index (χ4n) is 0.988. The maximum Gasteiger partial charge on any atom is 0.322 e. The normalized spacial score (nSPS) is 15.8. The van der Waals surface area contributed by atoms with E-state index in [1.807, 2.05) is 0 Å². The minimum Gasteiger partial charge on any atom is -0.408 e. The fourth-order valence-corrected chi connectivity index (χ4v) is 0.988. The minimum atomic E-state index is -0.106. The molecular formula is C8H11N3O2. The third-order valence-corrected chi connectivity index (χ3v) is 1.93. The van der Waals surface area contributed by atoms with Crippen LogP contribution in [0.25, 0.3) is 0 Å². The Hall–Kier alpha value is -1.39. The van der Waals surface area contributed by atoms with Crippen LogP contribution in [-0.2, 0) is 4.79 Å². The molecule has 1 saturated carbocycles. The van der Waals surface area contributed by atoms with Crippen molar-refractivity contribution in [2.24, 2.45) is 0 Å². The van der Waals surface area contributed by atoms with E-state index < -0.39 is 0 Å². The zero-order chi connectivity index (χ0) is 9.26. The molecule has 0 bridgehead atoms. The minimum absolute atomic E-state index is 0.106. The summed E-state index contributed by atoms with van der Waals surface area (Å²) < 4.78 is 5.23. The highest BCUT2D eigenvalue weighted by Crippen LogP contribution is 2.39. The first-order chi connectivity index (χ1) is 6.29. The Labute approximate surface area is 75.5 Å². The van der Waals surface area contributed by atoms with E-state index in [2.05, 4.69) is 15.5 Å². The lowest BCUT2D eigenvalue weighted by molar-refractivity contribution is -0.116. The van der Waals surface area contributed by atoms with Gasteiger partial charge in [0.25, 0.3) is 0 Å². The van der Waals surface area contributed by atoms with Crippen LogP contribution in [0.4, 0.5) is 6.01 Å². The quantitative estimate of drug-likeness (QED) is 0.763. The van der Waals surface area contributed by atoms with Crippen molar-refractivity contribution in [2.75, 3.05) is 5.32 Å². The molecule has 0 radical (unpaired) electrons. The Balaban J connectivity index is 2.00. The molecule has 1 heterocycles. The number of aromatic nitrogens is 2. The molecule has 1 aliphatic rings. The van der Waals surface area contributed by atoms with Crippen LogP contribution in [0.5, 0.6) is 0 Å². The van der Waals surface area contributed by atoms with Crippen molar-refractivity contribution < 1.29 is 9.21 Å². The van der Waals surface area contributed by atoms with Gasteiger partial charge < -0.3 is 4.42 Å². The van der Waals surface area contributed by atoms with E-state index in [9.17, 15) is 4.79 Å². The number of hydrogen-bond acceptors (Lipinski definition) is 4. The Morgan fingerprint density at radius 1 is 1.62 bits per heavy atom. The molecule has 0 spiro atoms. The number of carbonyl (C=O) groups excluding carboxylic acids is 1. The lowest BCUT2D eigenvalue weighted by atomic mass is 10.4. The Kier molecular flexibility index (Phi) is 2.00. The monoisotopic (exact) mass is 181 g/mol. The van der Waals surface area contributed by atoms with E-state index in [1.165, 1.54) is 0 Å². The van der Waals surface area contributed by atoms with E-state index in [0.717, 1.165) is 12.8 Å². The Morgan fingerprint density at radius 2 is 2.38 bits per heavy atom. The first-order valence-electron chi connectivity index (χ1n) is 4.43. The maximum absolute atomic E-state index is 10.9. The van der Waals surface area contributed by atoms with Crippen molar-refractivity contribution in [1.29, 1.82) is 0 Å². The molecule has 1 aliphatic carbocycles. The van der Waals surface area contributed by atoms with Gasteiger partial charge in [-0.1, -0.05) is 12.0 Å². The van der Waals surface area contributed by atoms with E-state index in [1.54, 1.807) is 6.92 Å². The number of rotatable bonds is 3. The van der Waals surface area contributed by atoms with Crippen LogP contribution in [-0.4, -0.2) is 16.1 Å². The number of anilines is 1. The summed E-state index contributed by atoms with van der Waals surface area (Å²) >= 11 is 0. The first-order valence-corrected chi connectivity index (χ1v) is 4.43. The van der Waals surface area contributed by atoms with E-state index >= 15 is 0 Å². The summed E-state index contributed by atoms with van der Waals surface area (Å²) in [4.78, 5) is 10.9. The smallest absolute Gasteiger partial charge is 0.322 e. The second-order valence-electron chi connectivity index (χ2n) is 3.12. The SMILES string of the molecule is CCC(=O)Nc1nnc(C2CC2)o1. The highest BCUT2D eigenvalue weighted by Gasteiger charge is 2.29. The predicted molar refractivity (Wildman–Crippen MR) is 45.2 cm³/mol. The lowest BCUT2D eigenvalue weighted by Gasteiger charge is -1.93. The Bertz CT molecular complexity index is 317. The van der Waals surface area contributed by atoms with Gasteiger partial charge in [0, 0.05) is 12.3 Å². The van der Waals surface area contributed by atoms with Gasteiger partial charge in [-0.2, -0.15) is 0 Å². The molecule has 1 aromatic rings. The van der Waals surface area contributed by atoms with Crippen molar-refractivity contribution in [3.63, 3.8) is 0 Å². The van der Waals surface area contributed by atoms with Gasteiger partial charge in [0.2, 0.25) is 11.8 Å². The number of nitrogens with zero attached hydrogens (tertiary/aromatic N) is 2. The third kappa shape index (κ3) is 1.85. The second-order valence-corrected chi connectivity index (χ2v) is 3.12. The average Bonchev–Trinajstić information content (AvgIpc) is 2.88. The molecule has 0 aromatic carbocycles. The summed E-state index contributed by atoms with van der Waals surface area (Å²) in [7, 11) is 0. The van der Waals surface area contributed by atoms with Gasteiger partial charge in [-0.15, -0.1) is 5.10 Å². The van der Waals surface area contributed by atoms with Crippen LogP contribution in [0.1, 0.15) is 38.0 Å². The van der Waals surface area contributed by atoms with Crippen molar-refractivity contribution in [3.05, 3.63) is 5.89 Å². The van der Waals surface area contributed by atoms with Crippen molar-refractivity contribution in [3.8, 4) is 0 Å². The molecule has 70 valence electrons. The number of hydrogen-bond donors (Lipinski definition) is 1. The molecule has 5 nitrogen and oxygen atoms in total. The summed E-state index contributed by atoms with van der Waals surface area (Å²) in [6.45, 7) is 1.77. The summed E-state index contributed by atoms with van der Waals surface area (Å²) in [5.41, 5.74) is 0. The number of nitrogens with one attached hydrogen (secondary N) is 1.